The first kappa shape index (κ1) is 24.4. The molecule has 5 nitrogen and oxygen atoms in total. The molecule has 2 N–H and O–H groups in total. The molecule has 0 aliphatic carbocycles. The van der Waals surface area contributed by atoms with E-state index in [1.54, 1.807) is 6.92 Å². The van der Waals surface area contributed by atoms with Crippen LogP contribution in [0.15, 0.2) is 54.7 Å². The Labute approximate surface area is 195 Å². The SMILES string of the molecule is CCOCc1cc(-c2cc(C(F)(F)F)ccc2N)c2ccc(-c3ncccc3C(F)(F)F)nc2n1. The summed E-state index contributed by atoms with van der Waals surface area (Å²) >= 11 is 0. The molecule has 3 aromatic heterocycles. The number of nitrogens with two attached hydrogens (primary N) is 1. The van der Waals surface area contributed by atoms with E-state index in [0.717, 1.165) is 24.3 Å². The van der Waals surface area contributed by atoms with Crippen LogP contribution in [-0.4, -0.2) is 21.6 Å². The summed E-state index contributed by atoms with van der Waals surface area (Å²) in [5.74, 6) is 0. The molecule has 0 aliphatic rings. The van der Waals surface area contributed by atoms with Crippen LogP contribution in [0.3, 0.4) is 0 Å². The molecule has 0 fully saturated rings. The van der Waals surface area contributed by atoms with E-state index in [9.17, 15) is 26.3 Å². The fraction of sp³-hybridized carbons (Fsp3) is 0.208. The molecule has 0 radical (unpaired) electrons. The first-order valence-electron chi connectivity index (χ1n) is 10.4. The lowest BCUT2D eigenvalue weighted by atomic mass is 9.97. The highest BCUT2D eigenvalue weighted by atomic mass is 19.4. The van der Waals surface area contributed by atoms with Gasteiger partial charge in [0.2, 0.25) is 0 Å². The lowest BCUT2D eigenvalue weighted by molar-refractivity contribution is -0.138. The van der Waals surface area contributed by atoms with Crippen molar-refractivity contribution in [2.24, 2.45) is 0 Å². The average Bonchev–Trinajstić information content (AvgIpc) is 2.81. The molecule has 0 amide bonds. The van der Waals surface area contributed by atoms with Crippen LogP contribution in [0.1, 0.15) is 23.7 Å². The molecule has 1 aromatic carbocycles. The molecule has 4 aromatic rings. The Morgan fingerprint density at radius 2 is 1.66 bits per heavy atom. The number of nitrogens with zero attached hydrogens (tertiary/aromatic N) is 3. The third-order valence-electron chi connectivity index (χ3n) is 5.21. The second-order valence-electron chi connectivity index (χ2n) is 7.56. The van der Waals surface area contributed by atoms with Gasteiger partial charge in [-0.3, -0.25) is 4.98 Å². The standard InChI is InChI=1S/C24H18F6N4O/c1-2-35-12-14-11-16(17-10-13(23(25,26)27)5-7-19(17)31)15-6-8-20(34-22(15)33-14)21-18(24(28,29)30)4-3-9-32-21/h3-11H,2,12,31H2,1H3. The number of pyridine rings is 3. The highest BCUT2D eigenvalue weighted by Gasteiger charge is 2.35. The molecule has 11 heteroatoms. The quantitative estimate of drug-likeness (QED) is 0.254. The van der Waals surface area contributed by atoms with Crippen molar-refractivity contribution in [3.63, 3.8) is 0 Å². The second kappa shape index (κ2) is 9.14. The molecule has 35 heavy (non-hydrogen) atoms. The predicted octanol–water partition coefficient (Wildman–Crippen LogP) is 6.52. The van der Waals surface area contributed by atoms with Gasteiger partial charge in [0.15, 0.2) is 5.65 Å². The molecule has 0 spiro atoms. The summed E-state index contributed by atoms with van der Waals surface area (Å²) in [5.41, 5.74) is 4.49. The van der Waals surface area contributed by atoms with E-state index >= 15 is 0 Å². The molecule has 4 rings (SSSR count). The van der Waals surface area contributed by atoms with Crippen LogP contribution < -0.4 is 5.73 Å². The second-order valence-corrected chi connectivity index (χ2v) is 7.56. The van der Waals surface area contributed by atoms with Crippen molar-refractivity contribution in [3.05, 3.63) is 71.5 Å². The number of benzene rings is 1. The number of rotatable bonds is 5. The Morgan fingerprint density at radius 3 is 2.34 bits per heavy atom. The third kappa shape index (κ3) is 5.04. The number of fused-ring (bicyclic) bond motifs is 1. The number of alkyl halides is 6. The number of ether oxygens (including phenoxy) is 1. The van der Waals surface area contributed by atoms with Crippen molar-refractivity contribution in [1.29, 1.82) is 0 Å². The van der Waals surface area contributed by atoms with Crippen molar-refractivity contribution >= 4 is 16.7 Å². The third-order valence-corrected chi connectivity index (χ3v) is 5.21. The van der Waals surface area contributed by atoms with E-state index in [4.69, 9.17) is 10.5 Å². The highest BCUT2D eigenvalue weighted by Crippen LogP contribution is 2.39. The van der Waals surface area contributed by atoms with E-state index in [-0.39, 0.29) is 34.9 Å². The van der Waals surface area contributed by atoms with Crippen LogP contribution in [0.5, 0.6) is 0 Å². The molecule has 0 unspecified atom stereocenters. The molecule has 0 saturated carbocycles. The average molecular weight is 492 g/mol. The normalized spacial score (nSPS) is 12.3. The number of hydrogen-bond donors (Lipinski definition) is 1. The van der Waals surface area contributed by atoms with Gasteiger partial charge in [-0.2, -0.15) is 26.3 Å². The van der Waals surface area contributed by atoms with E-state index in [0.29, 0.717) is 23.3 Å². The minimum atomic E-state index is -4.66. The number of aromatic nitrogens is 3. The summed E-state index contributed by atoms with van der Waals surface area (Å²) in [6, 6.07) is 9.30. The van der Waals surface area contributed by atoms with Gasteiger partial charge in [-0.25, -0.2) is 9.97 Å². The first-order chi connectivity index (χ1) is 16.5. The van der Waals surface area contributed by atoms with Crippen molar-refractivity contribution in [3.8, 4) is 22.5 Å². The van der Waals surface area contributed by atoms with Crippen LogP contribution in [0.4, 0.5) is 32.0 Å². The van der Waals surface area contributed by atoms with Crippen LogP contribution in [-0.2, 0) is 23.7 Å². The molecule has 0 saturated heterocycles. The van der Waals surface area contributed by atoms with Crippen LogP contribution >= 0.6 is 0 Å². The Kier molecular flexibility index (Phi) is 6.37. The Bertz CT molecular complexity index is 1390. The smallest absolute Gasteiger partial charge is 0.398 e. The van der Waals surface area contributed by atoms with Gasteiger partial charge in [-0.05, 0) is 61.0 Å². The molecular formula is C24H18F6N4O. The highest BCUT2D eigenvalue weighted by molar-refractivity contribution is 5.97. The van der Waals surface area contributed by atoms with Crippen LogP contribution in [0.25, 0.3) is 33.5 Å². The fourth-order valence-electron chi connectivity index (χ4n) is 3.60. The van der Waals surface area contributed by atoms with Gasteiger partial charge in [0, 0.05) is 29.4 Å². The van der Waals surface area contributed by atoms with Crippen LogP contribution in [0.2, 0.25) is 0 Å². The Balaban J connectivity index is 1.96. The lowest BCUT2D eigenvalue weighted by Crippen LogP contribution is -2.09. The van der Waals surface area contributed by atoms with Crippen molar-refractivity contribution in [1.82, 2.24) is 15.0 Å². The van der Waals surface area contributed by atoms with Gasteiger partial charge in [0.1, 0.15) is 5.69 Å². The summed E-state index contributed by atoms with van der Waals surface area (Å²) < 4.78 is 86.0. The molecule has 0 bridgehead atoms. The maximum atomic E-state index is 13.5. The number of hydrogen-bond acceptors (Lipinski definition) is 5. The topological polar surface area (TPSA) is 73.9 Å². The van der Waals surface area contributed by atoms with E-state index in [1.807, 2.05) is 0 Å². The zero-order chi connectivity index (χ0) is 25.4. The summed E-state index contributed by atoms with van der Waals surface area (Å²) in [7, 11) is 0. The van der Waals surface area contributed by atoms with Gasteiger partial charge in [0.25, 0.3) is 0 Å². The zero-order valence-corrected chi connectivity index (χ0v) is 18.2. The number of anilines is 1. The lowest BCUT2D eigenvalue weighted by Gasteiger charge is -2.15. The molecule has 0 aliphatic heterocycles. The summed E-state index contributed by atoms with van der Waals surface area (Å²) in [4.78, 5) is 12.5. The minimum Gasteiger partial charge on any atom is -0.398 e. The Hall–Kier alpha value is -3.73. The number of halogens is 6. The molecule has 3 heterocycles. The minimum absolute atomic E-state index is 0.0155. The zero-order valence-electron chi connectivity index (χ0n) is 18.2. The van der Waals surface area contributed by atoms with Gasteiger partial charge in [-0.15, -0.1) is 0 Å². The van der Waals surface area contributed by atoms with E-state index in [1.165, 1.54) is 30.5 Å². The monoisotopic (exact) mass is 492 g/mol. The predicted molar refractivity (Wildman–Crippen MR) is 118 cm³/mol. The number of nitrogen functional groups attached to an aromatic ring is 1. The van der Waals surface area contributed by atoms with Crippen molar-refractivity contribution in [2.45, 2.75) is 25.9 Å². The van der Waals surface area contributed by atoms with Gasteiger partial charge in [0.05, 0.1) is 29.1 Å². The van der Waals surface area contributed by atoms with Crippen molar-refractivity contribution < 1.29 is 31.1 Å². The maximum absolute atomic E-state index is 13.5. The molecule has 182 valence electrons. The molecule has 0 atom stereocenters. The van der Waals surface area contributed by atoms with Gasteiger partial charge >= 0.3 is 12.4 Å². The van der Waals surface area contributed by atoms with Gasteiger partial charge in [-0.1, -0.05) is 0 Å². The van der Waals surface area contributed by atoms with E-state index in [2.05, 4.69) is 15.0 Å². The summed E-state index contributed by atoms with van der Waals surface area (Å²) in [6.07, 6.45) is -8.05. The van der Waals surface area contributed by atoms with Crippen molar-refractivity contribution in [2.75, 3.05) is 12.3 Å². The van der Waals surface area contributed by atoms with E-state index < -0.39 is 23.5 Å². The molecular weight excluding hydrogens is 474 g/mol. The van der Waals surface area contributed by atoms with Gasteiger partial charge < -0.3 is 10.5 Å². The first-order valence-corrected chi connectivity index (χ1v) is 10.4. The summed E-state index contributed by atoms with van der Waals surface area (Å²) in [6.45, 7) is 2.11. The summed E-state index contributed by atoms with van der Waals surface area (Å²) in [5, 5.41) is 0.310. The maximum Gasteiger partial charge on any atom is 0.418 e. The fourth-order valence-corrected chi connectivity index (χ4v) is 3.60. The largest absolute Gasteiger partial charge is 0.418 e. The Morgan fingerprint density at radius 1 is 0.886 bits per heavy atom. The van der Waals surface area contributed by atoms with Crippen LogP contribution in [0, 0.1) is 0 Å².